The van der Waals surface area contributed by atoms with Gasteiger partial charge in [-0.25, -0.2) is 14.8 Å². The molecule has 9 heteroatoms. The van der Waals surface area contributed by atoms with E-state index in [2.05, 4.69) is 9.97 Å². The summed E-state index contributed by atoms with van der Waals surface area (Å²) in [6.45, 7) is 0. The first kappa shape index (κ1) is 15.6. The quantitative estimate of drug-likeness (QED) is 0.919. The lowest BCUT2D eigenvalue weighted by atomic mass is 10.3. The van der Waals surface area contributed by atoms with Crippen molar-refractivity contribution in [1.29, 1.82) is 0 Å². The summed E-state index contributed by atoms with van der Waals surface area (Å²) in [6.07, 6.45) is -2.58. The van der Waals surface area contributed by atoms with Gasteiger partial charge in [-0.3, -0.25) is 0 Å². The number of aromatic nitrogens is 2. The number of nitrogens with zero attached hydrogens (tertiary/aromatic N) is 2. The topological polar surface area (TPSA) is 63.1 Å². The second kappa shape index (κ2) is 5.90. The Bertz CT molecular complexity index is 694. The first-order valence-electron chi connectivity index (χ1n) is 5.37. The number of halogens is 4. The van der Waals surface area contributed by atoms with Crippen LogP contribution in [0.15, 0.2) is 40.6 Å². The number of alkyl halides is 3. The molecule has 0 saturated heterocycles. The van der Waals surface area contributed by atoms with E-state index in [1.807, 2.05) is 0 Å². The smallest absolute Gasteiger partial charge is 0.417 e. The maximum Gasteiger partial charge on any atom is 0.417 e. The summed E-state index contributed by atoms with van der Waals surface area (Å²) in [7, 11) is 0. The van der Waals surface area contributed by atoms with Crippen molar-refractivity contribution in [1.82, 2.24) is 9.97 Å². The molecule has 0 saturated carbocycles. The van der Waals surface area contributed by atoms with Crippen LogP contribution in [-0.4, -0.2) is 21.0 Å². The van der Waals surface area contributed by atoms with Gasteiger partial charge in [-0.05, 0) is 30.0 Å². The molecule has 0 aliphatic carbocycles. The van der Waals surface area contributed by atoms with Gasteiger partial charge < -0.3 is 5.11 Å². The van der Waals surface area contributed by atoms with Gasteiger partial charge in [0.2, 0.25) is 0 Å². The second-order valence-corrected chi connectivity index (χ2v) is 5.21. The zero-order chi connectivity index (χ0) is 15.6. The Balaban J connectivity index is 2.28. The minimum Gasteiger partial charge on any atom is -0.478 e. The lowest BCUT2D eigenvalue weighted by Gasteiger charge is -2.08. The molecule has 2 heterocycles. The molecule has 0 amide bonds. The third-order valence-electron chi connectivity index (χ3n) is 2.32. The molecule has 2 rings (SSSR count). The molecular formula is C12H6ClF3N2O2S. The van der Waals surface area contributed by atoms with Crippen LogP contribution in [0.1, 0.15) is 15.9 Å². The molecule has 110 valence electrons. The zero-order valence-electron chi connectivity index (χ0n) is 10.1. The van der Waals surface area contributed by atoms with E-state index in [4.69, 9.17) is 16.7 Å². The Labute approximate surface area is 126 Å². The highest BCUT2D eigenvalue weighted by Gasteiger charge is 2.31. The van der Waals surface area contributed by atoms with Crippen LogP contribution in [0, 0.1) is 0 Å². The molecule has 0 unspecified atom stereocenters. The summed E-state index contributed by atoms with van der Waals surface area (Å²) < 4.78 is 37.5. The average Bonchev–Trinajstić information content (AvgIpc) is 2.40. The van der Waals surface area contributed by atoms with E-state index in [-0.39, 0.29) is 20.6 Å². The summed E-state index contributed by atoms with van der Waals surface area (Å²) in [5.74, 6) is -1.13. The maximum absolute atomic E-state index is 12.5. The molecule has 0 atom stereocenters. The molecule has 1 N–H and O–H groups in total. The Morgan fingerprint density at radius 3 is 2.57 bits per heavy atom. The van der Waals surface area contributed by atoms with E-state index in [1.54, 1.807) is 0 Å². The SMILES string of the molecule is O=C(O)c1ccnc(Sc2ncc(C(F)(F)F)cc2Cl)c1. The molecule has 0 aliphatic heterocycles. The summed E-state index contributed by atoms with van der Waals surface area (Å²) in [4.78, 5) is 18.4. The highest BCUT2D eigenvalue weighted by Crippen LogP contribution is 2.35. The van der Waals surface area contributed by atoms with Gasteiger partial charge in [0.15, 0.2) is 0 Å². The van der Waals surface area contributed by atoms with Crippen molar-refractivity contribution >= 4 is 29.3 Å². The number of rotatable bonds is 3. The van der Waals surface area contributed by atoms with Crippen LogP contribution in [0.4, 0.5) is 13.2 Å². The van der Waals surface area contributed by atoms with Gasteiger partial charge in [-0.15, -0.1) is 0 Å². The zero-order valence-corrected chi connectivity index (χ0v) is 11.6. The normalized spacial score (nSPS) is 11.4. The van der Waals surface area contributed by atoms with Gasteiger partial charge in [-0.1, -0.05) is 11.6 Å². The fraction of sp³-hybridized carbons (Fsp3) is 0.0833. The third-order valence-corrected chi connectivity index (χ3v) is 3.67. The third kappa shape index (κ3) is 3.85. The van der Waals surface area contributed by atoms with E-state index in [0.717, 1.165) is 17.8 Å². The minimum atomic E-state index is -4.53. The van der Waals surface area contributed by atoms with Crippen molar-refractivity contribution in [2.75, 3.05) is 0 Å². The molecule has 0 bridgehead atoms. The van der Waals surface area contributed by atoms with Gasteiger partial charge in [-0.2, -0.15) is 13.2 Å². The highest BCUT2D eigenvalue weighted by molar-refractivity contribution is 7.99. The summed E-state index contributed by atoms with van der Waals surface area (Å²) in [5, 5.41) is 9.05. The van der Waals surface area contributed by atoms with Crippen molar-refractivity contribution in [2.24, 2.45) is 0 Å². The average molecular weight is 335 g/mol. The monoisotopic (exact) mass is 334 g/mol. The van der Waals surface area contributed by atoms with Crippen molar-refractivity contribution in [3.05, 3.63) is 46.7 Å². The van der Waals surface area contributed by atoms with Crippen LogP contribution in [0.2, 0.25) is 5.02 Å². The van der Waals surface area contributed by atoms with Crippen LogP contribution in [0.5, 0.6) is 0 Å². The van der Waals surface area contributed by atoms with E-state index in [9.17, 15) is 18.0 Å². The Morgan fingerprint density at radius 2 is 2.00 bits per heavy atom. The number of aromatic carboxylic acids is 1. The van der Waals surface area contributed by atoms with Crippen molar-refractivity contribution < 1.29 is 23.1 Å². The van der Waals surface area contributed by atoms with Crippen LogP contribution >= 0.6 is 23.4 Å². The molecule has 0 aliphatic rings. The van der Waals surface area contributed by atoms with E-state index in [1.165, 1.54) is 18.3 Å². The van der Waals surface area contributed by atoms with Crippen molar-refractivity contribution in [3.63, 3.8) is 0 Å². The Kier molecular flexibility index (Phi) is 4.38. The molecule has 0 fully saturated rings. The van der Waals surface area contributed by atoms with E-state index < -0.39 is 17.7 Å². The van der Waals surface area contributed by atoms with E-state index >= 15 is 0 Å². The molecule has 21 heavy (non-hydrogen) atoms. The number of carboxylic acid groups (broad SMARTS) is 1. The summed E-state index contributed by atoms with van der Waals surface area (Å²) >= 11 is 6.64. The van der Waals surface area contributed by atoms with E-state index in [0.29, 0.717) is 6.20 Å². The molecule has 4 nitrogen and oxygen atoms in total. The molecule has 0 aromatic carbocycles. The highest BCUT2D eigenvalue weighted by atomic mass is 35.5. The van der Waals surface area contributed by atoms with Crippen LogP contribution in [-0.2, 0) is 6.18 Å². The lowest BCUT2D eigenvalue weighted by molar-refractivity contribution is -0.137. The number of carbonyl (C=O) groups is 1. The number of hydrogen-bond acceptors (Lipinski definition) is 4. The summed E-state index contributed by atoms with van der Waals surface area (Å²) in [5.41, 5.74) is -0.945. The van der Waals surface area contributed by atoms with Crippen molar-refractivity contribution in [3.8, 4) is 0 Å². The van der Waals surface area contributed by atoms with Crippen LogP contribution in [0.3, 0.4) is 0 Å². The predicted molar refractivity (Wildman–Crippen MR) is 69.6 cm³/mol. The maximum atomic E-state index is 12.5. The second-order valence-electron chi connectivity index (χ2n) is 3.80. The summed E-state index contributed by atoms with van der Waals surface area (Å²) in [6, 6.07) is 3.34. The molecule has 2 aromatic rings. The predicted octanol–water partition coefficient (Wildman–Crippen LogP) is 4.00. The standard InChI is InChI=1S/C12H6ClF3N2O2S/c13-8-4-7(12(14,15)16)5-18-10(8)21-9-3-6(11(19)20)1-2-17-9/h1-5H,(H,19,20). The molecular weight excluding hydrogens is 329 g/mol. The fourth-order valence-electron chi connectivity index (χ4n) is 1.35. The van der Waals surface area contributed by atoms with Gasteiger partial charge in [0.1, 0.15) is 10.1 Å². The molecule has 2 aromatic heterocycles. The minimum absolute atomic E-state index is 0.00975. The first-order chi connectivity index (χ1) is 9.77. The van der Waals surface area contributed by atoms with Crippen molar-refractivity contribution in [2.45, 2.75) is 16.2 Å². The van der Waals surface area contributed by atoms with Crippen LogP contribution in [0.25, 0.3) is 0 Å². The number of carboxylic acids is 1. The first-order valence-corrected chi connectivity index (χ1v) is 6.57. The Morgan fingerprint density at radius 1 is 1.29 bits per heavy atom. The molecule has 0 radical (unpaired) electrons. The number of pyridine rings is 2. The van der Waals surface area contributed by atoms with Gasteiger partial charge in [0, 0.05) is 12.4 Å². The fourth-order valence-corrected chi connectivity index (χ4v) is 2.39. The Hall–Kier alpha value is -1.80. The van der Waals surface area contributed by atoms with Gasteiger partial charge in [0.25, 0.3) is 0 Å². The van der Waals surface area contributed by atoms with Gasteiger partial charge >= 0.3 is 12.1 Å². The van der Waals surface area contributed by atoms with Gasteiger partial charge in [0.05, 0.1) is 16.1 Å². The lowest BCUT2D eigenvalue weighted by Crippen LogP contribution is -2.05. The molecule has 0 spiro atoms. The number of hydrogen-bond donors (Lipinski definition) is 1. The van der Waals surface area contributed by atoms with Crippen LogP contribution < -0.4 is 0 Å². The largest absolute Gasteiger partial charge is 0.478 e.